The molecule has 1 aliphatic heterocycles. The van der Waals surface area contributed by atoms with Gasteiger partial charge in [-0.05, 0) is 42.3 Å². The zero-order valence-electron chi connectivity index (χ0n) is 16.4. The summed E-state index contributed by atoms with van der Waals surface area (Å²) in [5, 5.41) is 2.96. The average molecular weight is 385 g/mol. The quantitative estimate of drug-likeness (QED) is 0.751. The van der Waals surface area contributed by atoms with Gasteiger partial charge in [0.25, 0.3) is 0 Å². The van der Waals surface area contributed by atoms with Crippen molar-refractivity contribution in [3.05, 3.63) is 47.7 Å². The molecule has 1 amide bonds. The molecule has 0 saturated carbocycles. The van der Waals surface area contributed by atoms with Crippen LogP contribution in [0.2, 0.25) is 0 Å². The van der Waals surface area contributed by atoms with Crippen LogP contribution in [0.15, 0.2) is 36.5 Å². The normalized spacial score (nSPS) is 13.9. The molecule has 1 N–H and O–H groups in total. The summed E-state index contributed by atoms with van der Waals surface area (Å²) in [5.41, 5.74) is 1.99. The highest BCUT2D eigenvalue weighted by molar-refractivity contribution is 5.76. The van der Waals surface area contributed by atoms with Crippen LogP contribution < -0.4 is 19.7 Å². The topological polar surface area (TPSA) is 72.9 Å². The van der Waals surface area contributed by atoms with Gasteiger partial charge < -0.3 is 24.4 Å². The first kappa shape index (κ1) is 19.9. The van der Waals surface area contributed by atoms with Crippen LogP contribution in [0.1, 0.15) is 17.5 Å². The van der Waals surface area contributed by atoms with E-state index in [1.165, 1.54) is 0 Å². The minimum absolute atomic E-state index is 0.00499. The standard InChI is InChI=1S/C21H27N3O4/c1-26-18-4-5-19(27-2)17(14-18)15-23-21(25)6-3-16-7-8-22-20(13-16)24-9-11-28-12-10-24/h4-5,7-8,13-14H,3,6,9-12,15H2,1-2H3,(H,23,25). The molecule has 0 unspecified atom stereocenters. The molecule has 0 spiro atoms. The summed E-state index contributed by atoms with van der Waals surface area (Å²) >= 11 is 0. The number of carbonyl (C=O) groups is 1. The van der Waals surface area contributed by atoms with E-state index in [1.807, 2.05) is 24.3 Å². The summed E-state index contributed by atoms with van der Waals surface area (Å²) in [4.78, 5) is 19.0. The van der Waals surface area contributed by atoms with E-state index in [4.69, 9.17) is 14.2 Å². The van der Waals surface area contributed by atoms with E-state index >= 15 is 0 Å². The maximum Gasteiger partial charge on any atom is 0.220 e. The van der Waals surface area contributed by atoms with Gasteiger partial charge in [0.1, 0.15) is 17.3 Å². The zero-order chi connectivity index (χ0) is 19.8. The predicted molar refractivity (Wildman–Crippen MR) is 107 cm³/mol. The highest BCUT2D eigenvalue weighted by Gasteiger charge is 2.13. The molecule has 7 nitrogen and oxygen atoms in total. The number of hydrogen-bond donors (Lipinski definition) is 1. The Morgan fingerprint density at radius 2 is 2.00 bits per heavy atom. The number of aryl methyl sites for hydroxylation is 1. The van der Waals surface area contributed by atoms with Crippen LogP contribution in [0.3, 0.4) is 0 Å². The van der Waals surface area contributed by atoms with E-state index < -0.39 is 0 Å². The second-order valence-electron chi connectivity index (χ2n) is 6.58. The third-order valence-corrected chi connectivity index (χ3v) is 4.75. The summed E-state index contributed by atoms with van der Waals surface area (Å²) in [6.45, 7) is 3.54. The van der Waals surface area contributed by atoms with Gasteiger partial charge in [-0.3, -0.25) is 4.79 Å². The van der Waals surface area contributed by atoms with Gasteiger partial charge in [-0.15, -0.1) is 0 Å². The minimum Gasteiger partial charge on any atom is -0.497 e. The Bertz CT molecular complexity index is 791. The molecule has 0 bridgehead atoms. The molecular weight excluding hydrogens is 358 g/mol. The summed E-state index contributed by atoms with van der Waals surface area (Å²) in [7, 11) is 3.23. The molecule has 2 heterocycles. The lowest BCUT2D eigenvalue weighted by Crippen LogP contribution is -2.36. The number of pyridine rings is 1. The van der Waals surface area contributed by atoms with E-state index in [-0.39, 0.29) is 5.91 Å². The largest absolute Gasteiger partial charge is 0.497 e. The molecule has 7 heteroatoms. The van der Waals surface area contributed by atoms with Crippen molar-refractivity contribution in [2.75, 3.05) is 45.4 Å². The van der Waals surface area contributed by atoms with E-state index in [1.54, 1.807) is 20.4 Å². The van der Waals surface area contributed by atoms with Crippen molar-refractivity contribution in [3.63, 3.8) is 0 Å². The molecule has 0 atom stereocenters. The number of benzene rings is 1. The number of aromatic nitrogens is 1. The number of rotatable bonds is 8. The highest BCUT2D eigenvalue weighted by atomic mass is 16.5. The van der Waals surface area contributed by atoms with Gasteiger partial charge in [0.15, 0.2) is 0 Å². The molecule has 1 saturated heterocycles. The van der Waals surface area contributed by atoms with Gasteiger partial charge in [-0.25, -0.2) is 4.98 Å². The van der Waals surface area contributed by atoms with Crippen molar-refractivity contribution in [1.29, 1.82) is 0 Å². The zero-order valence-corrected chi connectivity index (χ0v) is 16.4. The van der Waals surface area contributed by atoms with Crippen molar-refractivity contribution in [1.82, 2.24) is 10.3 Å². The molecule has 0 radical (unpaired) electrons. The van der Waals surface area contributed by atoms with E-state index in [0.717, 1.165) is 54.7 Å². The first-order valence-corrected chi connectivity index (χ1v) is 9.45. The first-order chi connectivity index (χ1) is 13.7. The highest BCUT2D eigenvalue weighted by Crippen LogP contribution is 2.23. The van der Waals surface area contributed by atoms with Crippen molar-refractivity contribution < 1.29 is 19.0 Å². The summed E-state index contributed by atoms with van der Waals surface area (Å²) < 4.78 is 16.0. The number of ether oxygens (including phenoxy) is 3. The van der Waals surface area contributed by atoms with E-state index in [9.17, 15) is 4.79 Å². The van der Waals surface area contributed by atoms with Crippen molar-refractivity contribution >= 4 is 11.7 Å². The van der Waals surface area contributed by atoms with Crippen molar-refractivity contribution in [2.45, 2.75) is 19.4 Å². The van der Waals surface area contributed by atoms with Gasteiger partial charge in [0.05, 0.1) is 27.4 Å². The Kier molecular flexibility index (Phi) is 7.08. The second kappa shape index (κ2) is 9.94. The number of morpholine rings is 1. The fourth-order valence-corrected chi connectivity index (χ4v) is 3.14. The second-order valence-corrected chi connectivity index (χ2v) is 6.58. The van der Waals surface area contributed by atoms with Crippen LogP contribution in [0.4, 0.5) is 5.82 Å². The van der Waals surface area contributed by atoms with Crippen LogP contribution in [0.25, 0.3) is 0 Å². The Hall–Kier alpha value is -2.80. The lowest BCUT2D eigenvalue weighted by molar-refractivity contribution is -0.121. The minimum atomic E-state index is -0.00499. The number of hydrogen-bond acceptors (Lipinski definition) is 6. The summed E-state index contributed by atoms with van der Waals surface area (Å²) in [6.07, 6.45) is 2.89. The first-order valence-electron chi connectivity index (χ1n) is 9.45. The molecule has 0 aliphatic carbocycles. The van der Waals surface area contributed by atoms with Crippen LogP contribution in [0.5, 0.6) is 11.5 Å². The van der Waals surface area contributed by atoms with Gasteiger partial charge in [-0.1, -0.05) is 0 Å². The Balaban J connectivity index is 1.52. The van der Waals surface area contributed by atoms with Gasteiger partial charge in [0.2, 0.25) is 5.91 Å². The maximum absolute atomic E-state index is 12.3. The average Bonchev–Trinajstić information content (AvgIpc) is 2.76. The number of nitrogens with one attached hydrogen (secondary N) is 1. The predicted octanol–water partition coefficient (Wildman–Crippen LogP) is 2.18. The fourth-order valence-electron chi connectivity index (χ4n) is 3.14. The molecule has 3 rings (SSSR count). The monoisotopic (exact) mass is 385 g/mol. The van der Waals surface area contributed by atoms with E-state index in [0.29, 0.717) is 19.4 Å². The molecular formula is C21H27N3O4. The van der Waals surface area contributed by atoms with Crippen molar-refractivity contribution in [2.24, 2.45) is 0 Å². The molecule has 1 aromatic heterocycles. The number of carbonyl (C=O) groups excluding carboxylic acids is 1. The Morgan fingerprint density at radius 1 is 1.18 bits per heavy atom. The van der Waals surface area contributed by atoms with Crippen LogP contribution in [0, 0.1) is 0 Å². The number of amides is 1. The van der Waals surface area contributed by atoms with Crippen LogP contribution >= 0.6 is 0 Å². The lowest BCUT2D eigenvalue weighted by Gasteiger charge is -2.28. The molecule has 150 valence electrons. The van der Waals surface area contributed by atoms with Gasteiger partial charge >= 0.3 is 0 Å². The smallest absolute Gasteiger partial charge is 0.220 e. The fraction of sp³-hybridized carbons (Fsp3) is 0.429. The van der Waals surface area contributed by atoms with Crippen LogP contribution in [-0.2, 0) is 22.5 Å². The maximum atomic E-state index is 12.3. The number of nitrogens with zero attached hydrogens (tertiary/aromatic N) is 2. The third-order valence-electron chi connectivity index (χ3n) is 4.75. The summed E-state index contributed by atoms with van der Waals surface area (Å²) in [6, 6.07) is 9.56. The molecule has 1 fully saturated rings. The molecule has 2 aromatic rings. The molecule has 1 aromatic carbocycles. The van der Waals surface area contributed by atoms with E-state index in [2.05, 4.69) is 21.3 Å². The molecule has 28 heavy (non-hydrogen) atoms. The van der Waals surface area contributed by atoms with Crippen molar-refractivity contribution in [3.8, 4) is 11.5 Å². The number of anilines is 1. The summed E-state index contributed by atoms with van der Waals surface area (Å²) in [5.74, 6) is 2.40. The Labute approximate surface area is 165 Å². The third kappa shape index (κ3) is 5.36. The number of methoxy groups -OCH3 is 2. The van der Waals surface area contributed by atoms with Gasteiger partial charge in [-0.2, -0.15) is 0 Å². The van der Waals surface area contributed by atoms with Gasteiger partial charge in [0, 0.05) is 37.8 Å². The Morgan fingerprint density at radius 3 is 2.75 bits per heavy atom. The lowest BCUT2D eigenvalue weighted by atomic mass is 10.1. The molecule has 1 aliphatic rings. The SMILES string of the molecule is COc1ccc(OC)c(CNC(=O)CCc2ccnc(N3CCOCC3)c2)c1. The van der Waals surface area contributed by atoms with Crippen LogP contribution in [-0.4, -0.2) is 51.4 Å².